The molecule has 2 aliphatic heterocycles. The SMILES string of the molecule is CC1(C)OB(c2cncc(Cl)c2)OC1(C)C.C[C@H]1CC=C(c2cncc(Cl)c2)N(C(=O)O)C1. The molecule has 2 aromatic heterocycles. The van der Waals surface area contributed by atoms with Crippen molar-refractivity contribution < 1.29 is 19.2 Å². The molecule has 4 heterocycles. The number of hydrogen-bond donors (Lipinski definition) is 1. The molecule has 0 aromatic carbocycles. The van der Waals surface area contributed by atoms with E-state index in [9.17, 15) is 9.90 Å². The highest BCUT2D eigenvalue weighted by atomic mass is 35.5. The van der Waals surface area contributed by atoms with Gasteiger partial charge in [0.05, 0.1) is 26.9 Å². The van der Waals surface area contributed by atoms with Crippen molar-refractivity contribution in [3.05, 3.63) is 58.6 Å². The summed E-state index contributed by atoms with van der Waals surface area (Å²) in [7, 11) is -0.392. The molecule has 1 saturated heterocycles. The largest absolute Gasteiger partial charge is 0.496 e. The fraction of sp³-hybridized carbons (Fsp3) is 0.435. The standard InChI is InChI=1S/C12H13ClN2O2.C11H15BClNO2/c1-8-2-3-11(15(7-8)12(16)17)9-4-10(13)6-14-5-9;1-10(2)11(3,4)16-12(15-10)8-5-9(13)7-14-6-8/h3-6,8H,2,7H2,1H3,(H,16,17);5-7H,1-4H3/t8-;/m0./s1. The van der Waals surface area contributed by atoms with Gasteiger partial charge in [-0.15, -0.1) is 0 Å². The van der Waals surface area contributed by atoms with Crippen molar-refractivity contribution in [1.82, 2.24) is 14.9 Å². The molecular weight excluding hydrogens is 464 g/mol. The zero-order chi connectivity index (χ0) is 24.4. The first-order valence-corrected chi connectivity index (χ1v) is 11.4. The van der Waals surface area contributed by atoms with Gasteiger partial charge < -0.3 is 14.4 Å². The molecule has 0 radical (unpaired) electrons. The van der Waals surface area contributed by atoms with Crippen LogP contribution in [0.15, 0.2) is 43.0 Å². The van der Waals surface area contributed by atoms with Gasteiger partial charge in [-0.2, -0.15) is 0 Å². The van der Waals surface area contributed by atoms with E-state index in [2.05, 4.69) is 9.97 Å². The molecule has 1 amide bonds. The third-order valence-corrected chi connectivity index (χ3v) is 6.39. The molecule has 0 saturated carbocycles. The van der Waals surface area contributed by atoms with Crippen LogP contribution in [-0.4, -0.2) is 50.9 Å². The summed E-state index contributed by atoms with van der Waals surface area (Å²) >= 11 is 11.8. The summed E-state index contributed by atoms with van der Waals surface area (Å²) in [6.07, 6.45) is 8.32. The summed E-state index contributed by atoms with van der Waals surface area (Å²) in [5.41, 5.74) is 1.60. The van der Waals surface area contributed by atoms with Crippen molar-refractivity contribution >= 4 is 47.6 Å². The fourth-order valence-corrected chi connectivity index (χ4v) is 3.81. The number of rotatable bonds is 2. The van der Waals surface area contributed by atoms with Crippen LogP contribution < -0.4 is 5.46 Å². The highest BCUT2D eigenvalue weighted by Crippen LogP contribution is 2.36. The Morgan fingerprint density at radius 2 is 1.64 bits per heavy atom. The molecule has 2 aromatic rings. The number of hydrogen-bond acceptors (Lipinski definition) is 5. The van der Waals surface area contributed by atoms with Crippen LogP contribution in [0, 0.1) is 5.92 Å². The van der Waals surface area contributed by atoms with Gasteiger partial charge in [0.2, 0.25) is 0 Å². The van der Waals surface area contributed by atoms with E-state index in [0.717, 1.165) is 17.4 Å². The van der Waals surface area contributed by atoms with E-state index in [4.69, 9.17) is 32.5 Å². The summed E-state index contributed by atoms with van der Waals surface area (Å²) in [4.78, 5) is 20.6. The Bertz CT molecular complexity index is 1030. The second kappa shape index (κ2) is 10.0. The summed E-state index contributed by atoms with van der Waals surface area (Å²) in [6.45, 7) is 10.6. The number of amides is 1. The lowest BCUT2D eigenvalue weighted by atomic mass is 9.80. The second-order valence-electron chi connectivity index (χ2n) is 9.24. The lowest BCUT2D eigenvalue weighted by molar-refractivity contribution is 0.00578. The highest BCUT2D eigenvalue weighted by molar-refractivity contribution is 6.62. The molecule has 4 rings (SSSR count). The Balaban J connectivity index is 0.000000186. The first kappa shape index (κ1) is 25.5. The predicted molar refractivity (Wildman–Crippen MR) is 131 cm³/mol. The van der Waals surface area contributed by atoms with Crippen molar-refractivity contribution in [2.24, 2.45) is 5.92 Å². The van der Waals surface area contributed by atoms with Crippen LogP contribution in [-0.2, 0) is 9.31 Å². The Hall–Kier alpha value is -2.13. The summed E-state index contributed by atoms with van der Waals surface area (Å²) in [5.74, 6) is 0.335. The quantitative estimate of drug-likeness (QED) is 0.586. The molecule has 0 unspecified atom stereocenters. The van der Waals surface area contributed by atoms with E-state index in [1.807, 2.05) is 46.8 Å². The zero-order valence-corrected chi connectivity index (χ0v) is 20.9. The van der Waals surface area contributed by atoms with E-state index in [1.54, 1.807) is 24.7 Å². The maximum atomic E-state index is 11.2. The molecule has 7 nitrogen and oxygen atoms in total. The third kappa shape index (κ3) is 6.06. The number of aromatic nitrogens is 2. The van der Waals surface area contributed by atoms with E-state index >= 15 is 0 Å². The van der Waals surface area contributed by atoms with Crippen molar-refractivity contribution in [2.75, 3.05) is 6.54 Å². The van der Waals surface area contributed by atoms with Crippen molar-refractivity contribution in [2.45, 2.75) is 52.2 Å². The van der Waals surface area contributed by atoms with Crippen LogP contribution in [0.2, 0.25) is 10.0 Å². The molecule has 0 aliphatic carbocycles. The van der Waals surface area contributed by atoms with Crippen LogP contribution in [0.5, 0.6) is 0 Å². The van der Waals surface area contributed by atoms with Crippen LogP contribution >= 0.6 is 23.2 Å². The van der Waals surface area contributed by atoms with Crippen LogP contribution in [0.3, 0.4) is 0 Å². The highest BCUT2D eigenvalue weighted by Gasteiger charge is 2.51. The van der Waals surface area contributed by atoms with Gasteiger partial charge in [0.25, 0.3) is 0 Å². The topological polar surface area (TPSA) is 84.8 Å². The van der Waals surface area contributed by atoms with Crippen LogP contribution in [0.25, 0.3) is 5.70 Å². The van der Waals surface area contributed by atoms with Gasteiger partial charge in [-0.25, -0.2) is 4.79 Å². The smallest absolute Gasteiger partial charge is 0.465 e. The average molecular weight is 492 g/mol. The van der Waals surface area contributed by atoms with Gasteiger partial charge in [-0.05, 0) is 52.2 Å². The van der Waals surface area contributed by atoms with Gasteiger partial charge >= 0.3 is 13.2 Å². The van der Waals surface area contributed by atoms with Crippen LogP contribution in [0.4, 0.5) is 4.79 Å². The number of nitrogens with zero attached hydrogens (tertiary/aromatic N) is 3. The molecule has 0 bridgehead atoms. The van der Waals surface area contributed by atoms with E-state index in [0.29, 0.717) is 28.2 Å². The zero-order valence-electron chi connectivity index (χ0n) is 19.4. The molecule has 0 spiro atoms. The normalized spacial score (nSPS) is 21.2. The number of halogens is 2. The third-order valence-electron chi connectivity index (χ3n) is 5.98. The molecule has 33 heavy (non-hydrogen) atoms. The van der Waals surface area contributed by atoms with E-state index < -0.39 is 13.2 Å². The van der Waals surface area contributed by atoms with Crippen molar-refractivity contribution in [3.63, 3.8) is 0 Å². The predicted octanol–water partition coefficient (Wildman–Crippen LogP) is 5.13. The monoisotopic (exact) mass is 491 g/mol. The number of pyridine rings is 2. The summed E-state index contributed by atoms with van der Waals surface area (Å²) in [5, 5.41) is 10.3. The van der Waals surface area contributed by atoms with Crippen LogP contribution in [0.1, 0.15) is 46.6 Å². The summed E-state index contributed by atoms with van der Waals surface area (Å²) < 4.78 is 11.8. The molecule has 1 fully saturated rings. The first-order chi connectivity index (χ1) is 15.4. The maximum absolute atomic E-state index is 11.2. The average Bonchev–Trinajstić information content (AvgIpc) is 2.95. The molecule has 10 heteroatoms. The Labute approximate surface area is 204 Å². The van der Waals surface area contributed by atoms with Gasteiger partial charge in [-0.1, -0.05) is 36.2 Å². The summed E-state index contributed by atoms with van der Waals surface area (Å²) in [6, 6.07) is 3.54. The lowest BCUT2D eigenvalue weighted by Gasteiger charge is -2.32. The van der Waals surface area contributed by atoms with E-state index in [-0.39, 0.29) is 11.2 Å². The lowest BCUT2D eigenvalue weighted by Crippen LogP contribution is -2.41. The van der Waals surface area contributed by atoms with Gasteiger partial charge in [0, 0.05) is 42.4 Å². The van der Waals surface area contributed by atoms with Gasteiger partial charge in [-0.3, -0.25) is 14.9 Å². The molecule has 176 valence electrons. The number of carbonyl (C=O) groups is 1. The molecule has 2 aliphatic rings. The Morgan fingerprint density at radius 3 is 2.18 bits per heavy atom. The Kier molecular flexibility index (Phi) is 7.74. The Morgan fingerprint density at radius 1 is 1.06 bits per heavy atom. The van der Waals surface area contributed by atoms with Gasteiger partial charge in [0.15, 0.2) is 0 Å². The first-order valence-electron chi connectivity index (χ1n) is 10.7. The van der Waals surface area contributed by atoms with E-state index in [1.165, 1.54) is 11.1 Å². The minimum Gasteiger partial charge on any atom is -0.465 e. The minimum absolute atomic E-state index is 0.333. The minimum atomic E-state index is -0.942. The molecular formula is C23H28BCl2N3O4. The number of carboxylic acid groups (broad SMARTS) is 1. The maximum Gasteiger partial charge on any atom is 0.496 e. The fourth-order valence-electron chi connectivity index (χ4n) is 3.45. The number of allylic oxidation sites excluding steroid dienone is 1. The van der Waals surface area contributed by atoms with Crippen molar-refractivity contribution in [3.8, 4) is 0 Å². The molecule has 1 N–H and O–H groups in total. The molecule has 1 atom stereocenters. The van der Waals surface area contributed by atoms with Crippen molar-refractivity contribution in [1.29, 1.82) is 0 Å². The second-order valence-corrected chi connectivity index (χ2v) is 10.1. The van der Waals surface area contributed by atoms with Gasteiger partial charge in [0.1, 0.15) is 0 Å².